The van der Waals surface area contributed by atoms with E-state index in [4.69, 9.17) is 23.2 Å². The minimum atomic E-state index is -0.225. The van der Waals surface area contributed by atoms with Crippen LogP contribution < -0.4 is 0 Å². The van der Waals surface area contributed by atoms with Crippen LogP contribution in [-0.4, -0.2) is 16.3 Å². The first-order valence-electron chi connectivity index (χ1n) is 11.0. The number of carbonyl (C=O) groups is 1. The maximum absolute atomic E-state index is 14.1. The Morgan fingerprint density at radius 2 is 0.912 bits per heavy atom. The highest BCUT2D eigenvalue weighted by molar-refractivity contribution is 8.02. The van der Waals surface area contributed by atoms with Gasteiger partial charge in [-0.25, -0.2) is 0 Å². The predicted octanol–water partition coefficient (Wildman–Crippen LogP) is 8.67. The number of hydrogen-bond acceptors (Lipinski definition) is 3. The Balaban J connectivity index is 1.63. The van der Waals surface area contributed by atoms with Gasteiger partial charge in [-0.05, 0) is 72.5 Å². The summed E-state index contributed by atoms with van der Waals surface area (Å²) in [5.41, 5.74) is 2.20. The summed E-state index contributed by atoms with van der Waals surface area (Å²) in [5, 5.41) is 0.944. The average Bonchev–Trinajstić information content (AvgIpc) is 2.87. The van der Waals surface area contributed by atoms with Crippen molar-refractivity contribution >= 4 is 52.5 Å². The van der Waals surface area contributed by atoms with Gasteiger partial charge in [-0.3, -0.25) is 4.79 Å². The van der Waals surface area contributed by atoms with Crippen molar-refractivity contribution in [2.75, 3.05) is 0 Å². The van der Waals surface area contributed by atoms with Gasteiger partial charge in [-0.1, -0.05) is 83.9 Å². The number of thioether (sulfide) groups is 2. The summed E-state index contributed by atoms with van der Waals surface area (Å²) in [6.45, 7) is 0. The highest BCUT2D eigenvalue weighted by Crippen LogP contribution is 2.34. The first kappa shape index (κ1) is 24.9. The number of Topliss-reactive ketones (excluding diaryl/α,β-unsaturated/α-hetero) is 1. The smallest absolute Gasteiger partial charge is 0.160 e. The van der Waals surface area contributed by atoms with Gasteiger partial charge in [0, 0.05) is 19.8 Å². The highest BCUT2D eigenvalue weighted by atomic mass is 35.5. The Morgan fingerprint density at radius 1 is 0.559 bits per heavy atom. The number of benzene rings is 4. The van der Waals surface area contributed by atoms with E-state index < -0.39 is 0 Å². The molecule has 0 saturated heterocycles. The molecule has 2 atom stereocenters. The van der Waals surface area contributed by atoms with Crippen molar-refractivity contribution in [3.05, 3.63) is 130 Å². The fourth-order valence-corrected chi connectivity index (χ4v) is 6.34. The molecule has 0 aromatic heterocycles. The zero-order valence-corrected chi connectivity index (χ0v) is 21.6. The molecule has 2 unspecified atom stereocenters. The molecule has 0 heterocycles. The second kappa shape index (κ2) is 12.5. The molecule has 172 valence electrons. The molecule has 4 rings (SSSR count). The van der Waals surface area contributed by atoms with E-state index in [1.165, 1.54) is 0 Å². The topological polar surface area (TPSA) is 17.1 Å². The first-order chi connectivity index (χ1) is 16.6. The Hall–Kier alpha value is -2.17. The lowest BCUT2D eigenvalue weighted by molar-refractivity contribution is -0.118. The van der Waals surface area contributed by atoms with Crippen LogP contribution in [0.5, 0.6) is 0 Å². The van der Waals surface area contributed by atoms with E-state index in [2.05, 4.69) is 24.3 Å². The van der Waals surface area contributed by atoms with E-state index in [1.807, 2.05) is 84.9 Å². The third kappa shape index (κ3) is 7.41. The Kier molecular flexibility index (Phi) is 9.18. The van der Waals surface area contributed by atoms with Crippen molar-refractivity contribution in [3.8, 4) is 0 Å². The fourth-order valence-electron chi connectivity index (χ4n) is 3.60. The number of carbonyl (C=O) groups excluding carboxylic acids is 1. The quantitative estimate of drug-likeness (QED) is 0.194. The summed E-state index contributed by atoms with van der Waals surface area (Å²) in [6, 6.07) is 35.8. The van der Waals surface area contributed by atoms with Crippen molar-refractivity contribution in [2.24, 2.45) is 0 Å². The van der Waals surface area contributed by atoms with Gasteiger partial charge in [-0.2, -0.15) is 0 Å². The second-order valence-electron chi connectivity index (χ2n) is 7.90. The number of ketones is 1. The molecule has 0 bridgehead atoms. The molecule has 0 radical (unpaired) electrons. The summed E-state index contributed by atoms with van der Waals surface area (Å²) in [6.07, 6.45) is 1.28. The molecule has 0 amide bonds. The van der Waals surface area contributed by atoms with Crippen LogP contribution in [0.25, 0.3) is 0 Å². The summed E-state index contributed by atoms with van der Waals surface area (Å²) in [7, 11) is 0. The van der Waals surface area contributed by atoms with Gasteiger partial charge in [0.05, 0.1) is 10.5 Å². The number of hydrogen-bond donors (Lipinski definition) is 0. The maximum atomic E-state index is 14.1. The second-order valence-corrected chi connectivity index (χ2v) is 11.3. The van der Waals surface area contributed by atoms with E-state index in [0.29, 0.717) is 22.9 Å². The number of rotatable bonds is 10. The molecule has 0 saturated carbocycles. The molecular weight excluding hydrogens is 499 g/mol. The van der Waals surface area contributed by atoms with Crippen LogP contribution in [0.3, 0.4) is 0 Å². The maximum Gasteiger partial charge on any atom is 0.160 e. The van der Waals surface area contributed by atoms with Crippen LogP contribution in [-0.2, 0) is 17.6 Å². The molecular formula is C29H24Cl2OS2. The van der Waals surface area contributed by atoms with Gasteiger partial charge in [0.25, 0.3) is 0 Å². The standard InChI is InChI=1S/C29H24Cl2OS2/c30-23-15-11-21(12-16-23)19-27(33-25-7-3-1-4-8-25)29(32)28(34-26-9-5-2-6-10-26)20-22-13-17-24(31)18-14-22/h1-18,27-28H,19-20H2. The van der Waals surface area contributed by atoms with Gasteiger partial charge in [0.1, 0.15) is 0 Å². The lowest BCUT2D eigenvalue weighted by Crippen LogP contribution is -2.31. The van der Waals surface area contributed by atoms with Gasteiger partial charge in [0.15, 0.2) is 5.78 Å². The molecule has 0 aliphatic carbocycles. The Morgan fingerprint density at radius 3 is 1.26 bits per heavy atom. The van der Waals surface area contributed by atoms with Gasteiger partial charge in [-0.15, -0.1) is 23.5 Å². The average molecular weight is 524 g/mol. The molecule has 4 aromatic carbocycles. The molecule has 5 heteroatoms. The van der Waals surface area contributed by atoms with Crippen LogP contribution in [0.15, 0.2) is 119 Å². The van der Waals surface area contributed by atoms with Gasteiger partial charge in [0.2, 0.25) is 0 Å². The van der Waals surface area contributed by atoms with Crippen molar-refractivity contribution in [2.45, 2.75) is 33.1 Å². The largest absolute Gasteiger partial charge is 0.297 e. The van der Waals surface area contributed by atoms with Crippen LogP contribution in [0.4, 0.5) is 0 Å². The molecule has 1 nitrogen and oxygen atoms in total. The minimum absolute atomic E-state index is 0.225. The van der Waals surface area contributed by atoms with E-state index in [0.717, 1.165) is 20.9 Å². The van der Waals surface area contributed by atoms with Crippen LogP contribution in [0.2, 0.25) is 10.0 Å². The zero-order valence-electron chi connectivity index (χ0n) is 18.4. The van der Waals surface area contributed by atoms with Crippen LogP contribution in [0, 0.1) is 0 Å². The normalized spacial score (nSPS) is 12.8. The van der Waals surface area contributed by atoms with Crippen molar-refractivity contribution in [1.29, 1.82) is 0 Å². The van der Waals surface area contributed by atoms with E-state index in [9.17, 15) is 4.79 Å². The molecule has 0 N–H and O–H groups in total. The summed E-state index contributed by atoms with van der Waals surface area (Å²) >= 11 is 15.5. The van der Waals surface area contributed by atoms with Crippen LogP contribution in [0.1, 0.15) is 11.1 Å². The zero-order chi connectivity index (χ0) is 23.8. The minimum Gasteiger partial charge on any atom is -0.297 e. The van der Waals surface area contributed by atoms with Crippen molar-refractivity contribution in [1.82, 2.24) is 0 Å². The van der Waals surface area contributed by atoms with E-state index in [1.54, 1.807) is 23.5 Å². The highest BCUT2D eigenvalue weighted by Gasteiger charge is 2.29. The first-order valence-corrected chi connectivity index (χ1v) is 13.5. The Labute approximate surface area is 219 Å². The molecule has 0 aliphatic rings. The molecule has 0 fully saturated rings. The lowest BCUT2D eigenvalue weighted by atomic mass is 10.0. The molecule has 4 aromatic rings. The van der Waals surface area contributed by atoms with Gasteiger partial charge < -0.3 is 0 Å². The van der Waals surface area contributed by atoms with E-state index >= 15 is 0 Å². The van der Waals surface area contributed by atoms with Crippen molar-refractivity contribution < 1.29 is 4.79 Å². The summed E-state index contributed by atoms with van der Waals surface area (Å²) in [4.78, 5) is 16.3. The molecule has 0 aliphatic heterocycles. The SMILES string of the molecule is O=C(C(Cc1ccc(Cl)cc1)Sc1ccccc1)C(Cc1ccc(Cl)cc1)Sc1ccccc1. The summed E-state index contributed by atoms with van der Waals surface area (Å²) in [5.74, 6) is 0.229. The third-order valence-corrected chi connectivity index (χ3v) is 8.31. The van der Waals surface area contributed by atoms with Crippen molar-refractivity contribution in [3.63, 3.8) is 0 Å². The fraction of sp³-hybridized carbons (Fsp3) is 0.138. The number of halogens is 2. The van der Waals surface area contributed by atoms with Crippen LogP contribution >= 0.6 is 46.7 Å². The molecule has 34 heavy (non-hydrogen) atoms. The Bertz CT molecular complexity index is 1090. The summed E-state index contributed by atoms with van der Waals surface area (Å²) < 4.78 is 0. The monoisotopic (exact) mass is 522 g/mol. The van der Waals surface area contributed by atoms with E-state index in [-0.39, 0.29) is 16.3 Å². The van der Waals surface area contributed by atoms with Gasteiger partial charge >= 0.3 is 0 Å². The third-order valence-electron chi connectivity index (χ3n) is 5.35. The lowest BCUT2D eigenvalue weighted by Gasteiger charge is -2.23. The molecule has 0 spiro atoms. The predicted molar refractivity (Wildman–Crippen MR) is 147 cm³/mol.